The van der Waals surface area contributed by atoms with E-state index < -0.39 is 0 Å². The summed E-state index contributed by atoms with van der Waals surface area (Å²) in [6, 6.07) is 50.2. The number of anilines is 3. The summed E-state index contributed by atoms with van der Waals surface area (Å²) < 4.78 is 0. The SMILES string of the molecule is [U].[Y].[Y].[Y].[c-]1ccccc1B1c2[c-]c[c-]c3c2N(c2ccccc21)c1ccccc1B3c1[c-]cccc1. The first-order chi connectivity index (χ1) is 16.4. The summed E-state index contributed by atoms with van der Waals surface area (Å²) in [4.78, 5) is 2.42. The van der Waals surface area contributed by atoms with Crippen LogP contribution in [0.15, 0.2) is 103 Å². The molecule has 3 radical (unpaired) electrons. The molecule has 1 nitrogen and oxygen atoms in total. The van der Waals surface area contributed by atoms with Gasteiger partial charge < -0.3 is 23.1 Å². The predicted molar refractivity (Wildman–Crippen MR) is 139 cm³/mol. The van der Waals surface area contributed by atoms with E-state index in [1.807, 2.05) is 30.3 Å². The van der Waals surface area contributed by atoms with Gasteiger partial charge in [0.1, 0.15) is 0 Å². The van der Waals surface area contributed by atoms with Gasteiger partial charge in [-0.1, -0.05) is 47.3 Å². The molecule has 7 heteroatoms. The van der Waals surface area contributed by atoms with Crippen molar-refractivity contribution in [2.45, 2.75) is 0 Å². The van der Waals surface area contributed by atoms with Gasteiger partial charge in [-0.05, 0) is 12.1 Å². The second-order valence-electron chi connectivity index (χ2n) is 8.56. The van der Waals surface area contributed by atoms with Crippen molar-refractivity contribution in [2.24, 2.45) is 0 Å². The third-order valence-corrected chi connectivity index (χ3v) is 6.83. The molecule has 2 aliphatic heterocycles. The average Bonchev–Trinajstić information content (AvgIpc) is 2.89. The standard InChI is InChI=1S/C30H17B2N.U.3Y/c1-3-12-22(13-4-1)31-24-16-7-9-20-28(24)33-29-21-10-8-17-25(29)32(23-14-5-2-6-15-23)27-19-11-18-26(31)30(27)33;;;;/h1-12,14,16-17,20-21H;;;;/q-4;;;;. The topological polar surface area (TPSA) is 3.24 Å². The Morgan fingerprint density at radius 3 is 1.38 bits per heavy atom. The molecule has 2 heterocycles. The van der Waals surface area contributed by atoms with E-state index in [1.54, 1.807) is 0 Å². The Labute approximate surface area is 319 Å². The molecule has 2 aliphatic rings. The molecule has 0 spiro atoms. The summed E-state index contributed by atoms with van der Waals surface area (Å²) in [5, 5.41) is 0. The molecule has 0 saturated heterocycles. The second kappa shape index (κ2) is 13.8. The van der Waals surface area contributed by atoms with Crippen LogP contribution in [0.3, 0.4) is 0 Å². The van der Waals surface area contributed by atoms with Crippen LogP contribution in [0, 0.1) is 55.4 Å². The average molecular weight is 918 g/mol. The molecule has 5 aromatic carbocycles. The fraction of sp³-hybridized carbons (Fsp3) is 0. The van der Waals surface area contributed by atoms with Gasteiger partial charge in [0.2, 0.25) is 0 Å². The number of fused-ring (bicyclic) bond motifs is 4. The van der Waals surface area contributed by atoms with Crippen LogP contribution in [-0.2, 0) is 98.1 Å². The van der Waals surface area contributed by atoms with Crippen LogP contribution in [0.1, 0.15) is 0 Å². The quantitative estimate of drug-likeness (QED) is 0.190. The van der Waals surface area contributed by atoms with Gasteiger partial charge in [0.05, 0.1) is 0 Å². The van der Waals surface area contributed by atoms with Crippen molar-refractivity contribution in [3.63, 3.8) is 0 Å². The number of hydrogen-bond acceptors (Lipinski definition) is 1. The van der Waals surface area contributed by atoms with Crippen molar-refractivity contribution in [3.05, 3.63) is 127 Å². The van der Waals surface area contributed by atoms with Crippen molar-refractivity contribution in [1.82, 2.24) is 0 Å². The minimum Gasteiger partial charge on any atom is -0.422 e. The van der Waals surface area contributed by atoms with Crippen LogP contribution in [-0.4, -0.2) is 13.4 Å². The molecule has 0 aromatic heterocycles. The molecule has 165 valence electrons. The summed E-state index contributed by atoms with van der Waals surface area (Å²) in [5.41, 5.74) is 10.9. The van der Waals surface area contributed by atoms with Crippen LogP contribution in [0.25, 0.3) is 0 Å². The molecule has 0 N–H and O–H groups in total. The fourth-order valence-electron chi connectivity index (χ4n) is 5.53. The van der Waals surface area contributed by atoms with Gasteiger partial charge in [-0.15, -0.1) is 0 Å². The van der Waals surface area contributed by atoms with E-state index in [1.165, 1.54) is 38.9 Å². The predicted octanol–water partition coefficient (Wildman–Crippen LogP) is 2.01. The molecule has 0 bridgehead atoms. The third-order valence-electron chi connectivity index (χ3n) is 6.83. The minimum atomic E-state index is 0. The first kappa shape index (κ1) is 31.9. The van der Waals surface area contributed by atoms with Gasteiger partial charge >= 0.3 is 0 Å². The Bertz CT molecular complexity index is 1390. The summed E-state index contributed by atoms with van der Waals surface area (Å²) in [7, 11) is 0. The molecular formula is C30H17B2NUY3-4. The Morgan fingerprint density at radius 1 is 0.514 bits per heavy atom. The minimum absolute atomic E-state index is 0. The van der Waals surface area contributed by atoms with Gasteiger partial charge in [-0.25, -0.2) is 0 Å². The van der Waals surface area contributed by atoms with E-state index in [0.717, 1.165) is 10.9 Å². The molecule has 5 aromatic rings. The van der Waals surface area contributed by atoms with Crippen molar-refractivity contribution < 1.29 is 129 Å². The third kappa shape index (κ3) is 5.51. The molecule has 0 saturated carbocycles. The Balaban J connectivity index is 0.000000951. The smallest absolute Gasteiger partial charge is 0.173 e. The van der Waals surface area contributed by atoms with Crippen LogP contribution in [0.2, 0.25) is 0 Å². The maximum atomic E-state index is 3.59. The van der Waals surface area contributed by atoms with E-state index in [9.17, 15) is 0 Å². The van der Waals surface area contributed by atoms with E-state index in [-0.39, 0.29) is 143 Å². The number of benzene rings is 5. The first-order valence-electron chi connectivity index (χ1n) is 11.3. The van der Waals surface area contributed by atoms with Crippen LogP contribution in [0.4, 0.5) is 17.1 Å². The van der Waals surface area contributed by atoms with Gasteiger partial charge in [-0.2, -0.15) is 77.3 Å². The Morgan fingerprint density at radius 2 is 0.946 bits per heavy atom. The summed E-state index contributed by atoms with van der Waals surface area (Å²) >= 11 is 0. The molecule has 0 unspecified atom stereocenters. The van der Waals surface area contributed by atoms with Crippen LogP contribution < -0.4 is 37.7 Å². The van der Waals surface area contributed by atoms with Crippen molar-refractivity contribution in [3.8, 4) is 0 Å². The fourth-order valence-corrected chi connectivity index (χ4v) is 5.53. The molecule has 0 aliphatic carbocycles. The van der Waals surface area contributed by atoms with E-state index in [0.29, 0.717) is 0 Å². The normalized spacial score (nSPS) is 11.8. The van der Waals surface area contributed by atoms with Crippen molar-refractivity contribution in [1.29, 1.82) is 0 Å². The number of hydrogen-bond donors (Lipinski definition) is 0. The van der Waals surface area contributed by atoms with Gasteiger partial charge in [-0.3, -0.25) is 10.9 Å². The second-order valence-corrected chi connectivity index (χ2v) is 8.56. The van der Waals surface area contributed by atoms with Crippen LogP contribution in [0.5, 0.6) is 0 Å². The zero-order valence-corrected chi connectivity index (χ0v) is 32.8. The van der Waals surface area contributed by atoms with Crippen molar-refractivity contribution >= 4 is 63.3 Å². The van der Waals surface area contributed by atoms with Crippen molar-refractivity contribution in [2.75, 3.05) is 4.90 Å². The number of para-hydroxylation sites is 2. The summed E-state index contributed by atoms with van der Waals surface area (Å²) in [5.74, 6) is 0. The van der Waals surface area contributed by atoms with Crippen LogP contribution >= 0.6 is 0 Å². The van der Waals surface area contributed by atoms with Gasteiger partial charge in [0.15, 0.2) is 13.4 Å². The summed E-state index contributed by atoms with van der Waals surface area (Å²) in [6.07, 6.45) is 0. The molecule has 7 rings (SSSR count). The molecular weight excluding hydrogens is 901 g/mol. The number of rotatable bonds is 2. The van der Waals surface area contributed by atoms with E-state index in [4.69, 9.17) is 0 Å². The zero-order valence-electron chi connectivity index (χ0n) is 20.1. The molecule has 0 atom stereocenters. The van der Waals surface area contributed by atoms with Gasteiger partial charge in [0, 0.05) is 141 Å². The Kier molecular flexibility index (Phi) is 11.9. The monoisotopic (exact) mass is 918 g/mol. The number of nitrogens with zero attached hydrogens (tertiary/aromatic N) is 1. The maximum absolute atomic E-state index is 3.59. The van der Waals surface area contributed by atoms with E-state index in [2.05, 4.69) is 102 Å². The largest absolute Gasteiger partial charge is 0.422 e. The first-order valence-corrected chi connectivity index (χ1v) is 11.3. The molecule has 37 heavy (non-hydrogen) atoms. The molecule has 0 amide bonds. The molecule has 0 fully saturated rings. The zero-order chi connectivity index (χ0) is 21.8. The van der Waals surface area contributed by atoms with E-state index >= 15 is 0 Å². The van der Waals surface area contributed by atoms with Gasteiger partial charge in [0.25, 0.3) is 0 Å². The maximum Gasteiger partial charge on any atom is 0.173 e. The Hall–Kier alpha value is 0.394. The summed E-state index contributed by atoms with van der Waals surface area (Å²) in [6.45, 7) is 0.153.